The Morgan fingerprint density at radius 1 is 1.29 bits per heavy atom. The number of piperidine rings is 1. The van der Waals surface area contributed by atoms with Crippen LogP contribution in [0.15, 0.2) is 0 Å². The van der Waals surface area contributed by atoms with E-state index < -0.39 is 16.7 Å². The molecule has 21 heavy (non-hydrogen) atoms. The number of β-amino-alcohol motifs (C(OH)–C–C–N with tert-alkyl or cyclic N) is 1. The van der Waals surface area contributed by atoms with E-state index in [9.17, 15) is 9.90 Å². The lowest BCUT2D eigenvalue weighted by Crippen LogP contribution is -2.69. The number of rotatable bonds is 1. The molecule has 0 aliphatic carbocycles. The lowest BCUT2D eigenvalue weighted by Gasteiger charge is -2.51. The third-order valence-electron chi connectivity index (χ3n) is 4.43. The molecule has 0 radical (unpaired) electrons. The molecule has 3 N–H and O–H groups in total. The molecule has 2 aliphatic rings. The van der Waals surface area contributed by atoms with Gasteiger partial charge >= 0.3 is 6.09 Å². The molecule has 2 rings (SSSR count). The second-order valence-corrected chi connectivity index (χ2v) is 7.31. The molecule has 6 heteroatoms. The number of aliphatic hydroxyl groups is 1. The summed E-state index contributed by atoms with van der Waals surface area (Å²) in [5.74, 6) is 0. The Morgan fingerprint density at radius 3 is 2.48 bits per heavy atom. The average Bonchev–Trinajstić information content (AvgIpc) is 2.37. The number of nitrogens with two attached hydrogens (primary N) is 1. The average molecular weight is 300 g/mol. The fraction of sp³-hybridized carbons (Fsp3) is 0.933. The number of likely N-dealkylation sites (tertiary alicyclic amines) is 1. The first kappa shape index (κ1) is 16.5. The van der Waals surface area contributed by atoms with Crippen LogP contribution in [-0.2, 0) is 9.47 Å². The fourth-order valence-electron chi connectivity index (χ4n) is 3.13. The highest BCUT2D eigenvalue weighted by Crippen LogP contribution is 2.37. The van der Waals surface area contributed by atoms with Gasteiger partial charge in [0.15, 0.2) is 0 Å². The summed E-state index contributed by atoms with van der Waals surface area (Å²) in [6.07, 6.45) is 2.20. The first-order chi connectivity index (χ1) is 9.65. The van der Waals surface area contributed by atoms with Crippen LogP contribution in [-0.4, -0.2) is 59.1 Å². The van der Waals surface area contributed by atoms with Gasteiger partial charge in [-0.2, -0.15) is 0 Å². The van der Waals surface area contributed by atoms with Crippen molar-refractivity contribution in [1.82, 2.24) is 4.90 Å². The predicted molar refractivity (Wildman–Crippen MR) is 79.0 cm³/mol. The smallest absolute Gasteiger partial charge is 0.410 e. The van der Waals surface area contributed by atoms with Crippen LogP contribution < -0.4 is 5.73 Å². The summed E-state index contributed by atoms with van der Waals surface area (Å²) < 4.78 is 10.7. The van der Waals surface area contributed by atoms with E-state index in [1.165, 1.54) is 0 Å². The van der Waals surface area contributed by atoms with Crippen molar-refractivity contribution < 1.29 is 19.4 Å². The molecule has 2 aliphatic heterocycles. The monoisotopic (exact) mass is 300 g/mol. The van der Waals surface area contributed by atoms with Gasteiger partial charge in [0, 0.05) is 19.8 Å². The van der Waals surface area contributed by atoms with Gasteiger partial charge in [-0.1, -0.05) is 0 Å². The lowest BCUT2D eigenvalue weighted by atomic mass is 9.71. The molecule has 1 amide bonds. The summed E-state index contributed by atoms with van der Waals surface area (Å²) in [7, 11) is 0. The van der Waals surface area contributed by atoms with Crippen LogP contribution in [0.25, 0.3) is 0 Å². The predicted octanol–water partition coefficient (Wildman–Crippen LogP) is 1.26. The molecule has 1 atom stereocenters. The molecular weight excluding hydrogens is 272 g/mol. The van der Waals surface area contributed by atoms with Crippen LogP contribution in [0, 0.1) is 0 Å². The standard InChI is InChI=1S/C15H28N2O4/c1-13(2,3)21-12(18)17-8-4-5-15(19,11-17)14(16)6-9-20-10-7-14/h19H,4-11,16H2,1-3H3. The van der Waals surface area contributed by atoms with E-state index in [0.717, 1.165) is 6.42 Å². The molecule has 0 aromatic heterocycles. The molecule has 0 saturated carbocycles. The van der Waals surface area contributed by atoms with Gasteiger partial charge < -0.3 is 25.2 Å². The second kappa shape index (κ2) is 5.74. The molecule has 2 heterocycles. The number of carbonyl (C=O) groups excluding carboxylic acids is 1. The highest BCUT2D eigenvalue weighted by atomic mass is 16.6. The zero-order chi connectivity index (χ0) is 15.7. The molecule has 0 bridgehead atoms. The summed E-state index contributed by atoms with van der Waals surface area (Å²) >= 11 is 0. The van der Waals surface area contributed by atoms with Crippen molar-refractivity contribution in [1.29, 1.82) is 0 Å². The molecule has 2 fully saturated rings. The Kier molecular flexibility index (Phi) is 4.52. The van der Waals surface area contributed by atoms with Gasteiger partial charge in [-0.05, 0) is 46.5 Å². The van der Waals surface area contributed by atoms with E-state index in [1.807, 2.05) is 20.8 Å². The maximum Gasteiger partial charge on any atom is 0.410 e. The van der Waals surface area contributed by atoms with Crippen molar-refractivity contribution in [2.75, 3.05) is 26.3 Å². The van der Waals surface area contributed by atoms with Crippen LogP contribution in [0.2, 0.25) is 0 Å². The Labute approximate surface area is 126 Å². The zero-order valence-electron chi connectivity index (χ0n) is 13.4. The topological polar surface area (TPSA) is 85.0 Å². The summed E-state index contributed by atoms with van der Waals surface area (Å²) in [6.45, 7) is 7.47. The molecule has 0 spiro atoms. The van der Waals surface area contributed by atoms with Gasteiger partial charge in [0.05, 0.1) is 12.1 Å². The quantitative estimate of drug-likeness (QED) is 0.761. The van der Waals surface area contributed by atoms with Crippen molar-refractivity contribution in [2.45, 2.75) is 63.2 Å². The number of carbonyl (C=O) groups is 1. The first-order valence-corrected chi connectivity index (χ1v) is 7.72. The second-order valence-electron chi connectivity index (χ2n) is 7.31. The zero-order valence-corrected chi connectivity index (χ0v) is 13.4. The SMILES string of the molecule is CC(C)(C)OC(=O)N1CCCC(O)(C2(N)CCOCC2)C1. The highest BCUT2D eigenvalue weighted by molar-refractivity contribution is 5.68. The third-order valence-corrected chi connectivity index (χ3v) is 4.43. The minimum atomic E-state index is -1.06. The first-order valence-electron chi connectivity index (χ1n) is 7.72. The third kappa shape index (κ3) is 3.67. The maximum absolute atomic E-state index is 12.2. The Morgan fingerprint density at radius 2 is 1.90 bits per heavy atom. The number of hydrogen-bond acceptors (Lipinski definition) is 5. The van der Waals surface area contributed by atoms with Crippen LogP contribution >= 0.6 is 0 Å². The fourth-order valence-corrected chi connectivity index (χ4v) is 3.13. The number of nitrogens with zero attached hydrogens (tertiary/aromatic N) is 1. The normalized spacial score (nSPS) is 30.0. The van der Waals surface area contributed by atoms with Crippen LogP contribution in [0.1, 0.15) is 46.5 Å². The molecule has 122 valence electrons. The lowest BCUT2D eigenvalue weighted by molar-refractivity contribution is -0.117. The van der Waals surface area contributed by atoms with Gasteiger partial charge in [-0.15, -0.1) is 0 Å². The minimum absolute atomic E-state index is 0.235. The van der Waals surface area contributed by atoms with E-state index in [-0.39, 0.29) is 12.6 Å². The minimum Gasteiger partial charge on any atom is -0.444 e. The van der Waals surface area contributed by atoms with Gasteiger partial charge in [-0.25, -0.2) is 4.79 Å². The Bertz CT molecular complexity index is 388. The van der Waals surface area contributed by atoms with E-state index in [0.29, 0.717) is 39.0 Å². The molecule has 0 aromatic carbocycles. The van der Waals surface area contributed by atoms with E-state index in [4.69, 9.17) is 15.2 Å². The van der Waals surface area contributed by atoms with Crippen molar-refractivity contribution in [3.05, 3.63) is 0 Å². The van der Waals surface area contributed by atoms with Gasteiger partial charge in [0.1, 0.15) is 11.2 Å². The van der Waals surface area contributed by atoms with Crippen LogP contribution in [0.5, 0.6) is 0 Å². The summed E-state index contributed by atoms with van der Waals surface area (Å²) in [5.41, 5.74) is 4.16. The highest BCUT2D eigenvalue weighted by Gasteiger charge is 2.51. The van der Waals surface area contributed by atoms with Crippen molar-refractivity contribution in [3.8, 4) is 0 Å². The van der Waals surface area contributed by atoms with Crippen molar-refractivity contribution in [3.63, 3.8) is 0 Å². The van der Waals surface area contributed by atoms with Gasteiger partial charge in [0.2, 0.25) is 0 Å². The van der Waals surface area contributed by atoms with Gasteiger partial charge in [-0.3, -0.25) is 0 Å². The van der Waals surface area contributed by atoms with E-state index in [2.05, 4.69) is 0 Å². The number of ether oxygens (including phenoxy) is 2. The van der Waals surface area contributed by atoms with E-state index in [1.54, 1.807) is 4.90 Å². The maximum atomic E-state index is 12.2. The number of hydrogen-bond donors (Lipinski definition) is 2. The van der Waals surface area contributed by atoms with Crippen molar-refractivity contribution >= 4 is 6.09 Å². The summed E-state index contributed by atoms with van der Waals surface area (Å²) in [6, 6.07) is 0. The summed E-state index contributed by atoms with van der Waals surface area (Å²) in [5, 5.41) is 11.0. The largest absolute Gasteiger partial charge is 0.444 e. The molecule has 0 aromatic rings. The van der Waals surface area contributed by atoms with Gasteiger partial charge in [0.25, 0.3) is 0 Å². The Balaban J connectivity index is 2.07. The van der Waals surface area contributed by atoms with Crippen molar-refractivity contribution in [2.24, 2.45) is 5.73 Å². The summed E-state index contributed by atoms with van der Waals surface area (Å²) in [4.78, 5) is 13.8. The molecule has 1 unspecified atom stereocenters. The molecule has 6 nitrogen and oxygen atoms in total. The molecular formula is C15H28N2O4. The van der Waals surface area contributed by atoms with E-state index >= 15 is 0 Å². The van der Waals surface area contributed by atoms with Crippen LogP contribution in [0.3, 0.4) is 0 Å². The van der Waals surface area contributed by atoms with Crippen LogP contribution in [0.4, 0.5) is 4.79 Å². The Hall–Kier alpha value is -0.850. The number of amides is 1. The molecule has 2 saturated heterocycles.